The number of nitrogens with zero attached hydrogens (tertiary/aromatic N) is 4. The Morgan fingerprint density at radius 1 is 1.10 bits per heavy atom. The number of carbonyl (C=O) groups is 1. The van der Waals surface area contributed by atoms with Crippen LogP contribution in [0.4, 0.5) is 11.5 Å². The van der Waals surface area contributed by atoms with Crippen molar-refractivity contribution in [2.45, 2.75) is 25.9 Å². The van der Waals surface area contributed by atoms with Crippen molar-refractivity contribution in [1.82, 2.24) is 13.1 Å². The summed E-state index contributed by atoms with van der Waals surface area (Å²) in [5, 5.41) is 3.51. The van der Waals surface area contributed by atoms with Gasteiger partial charge in [-0.1, -0.05) is 17.7 Å². The van der Waals surface area contributed by atoms with E-state index in [1.54, 1.807) is 24.5 Å². The SMILES string of the molecule is C[C@@H]1CN(c2ccc(C(=O)Nc3ccc(Cl)c(-c4ccccn4)c3)cn2)C[C@H](C)N1I. The molecule has 1 aliphatic heterocycles. The number of amides is 1. The van der Waals surface area contributed by atoms with Gasteiger partial charge in [0.05, 0.1) is 16.3 Å². The van der Waals surface area contributed by atoms with Crippen LogP contribution in [0.2, 0.25) is 5.02 Å². The average molecular weight is 548 g/mol. The van der Waals surface area contributed by atoms with Crippen molar-refractivity contribution in [2.24, 2.45) is 0 Å². The summed E-state index contributed by atoms with van der Waals surface area (Å²) in [6.45, 7) is 6.24. The lowest BCUT2D eigenvalue weighted by molar-refractivity contribution is 0.102. The van der Waals surface area contributed by atoms with Gasteiger partial charge in [0.25, 0.3) is 5.91 Å². The zero-order valence-corrected chi connectivity index (χ0v) is 20.2. The molecule has 0 unspecified atom stereocenters. The molecule has 4 rings (SSSR count). The second-order valence-electron chi connectivity index (χ2n) is 7.72. The average Bonchev–Trinajstić information content (AvgIpc) is 2.79. The topological polar surface area (TPSA) is 61.4 Å². The van der Waals surface area contributed by atoms with E-state index in [-0.39, 0.29) is 5.91 Å². The number of hydrogen-bond acceptors (Lipinski definition) is 5. The Bertz CT molecular complexity index is 1050. The minimum absolute atomic E-state index is 0.216. The molecule has 3 heterocycles. The molecule has 2 atom stereocenters. The summed E-state index contributed by atoms with van der Waals surface area (Å²) >= 11 is 8.73. The number of anilines is 2. The van der Waals surface area contributed by atoms with Crippen LogP contribution in [-0.4, -0.2) is 44.2 Å². The van der Waals surface area contributed by atoms with Crippen molar-refractivity contribution in [1.29, 1.82) is 0 Å². The molecule has 160 valence electrons. The molecule has 0 aliphatic carbocycles. The summed E-state index contributed by atoms with van der Waals surface area (Å²) in [7, 11) is 0. The van der Waals surface area contributed by atoms with Crippen LogP contribution >= 0.6 is 34.5 Å². The molecule has 2 aromatic heterocycles. The van der Waals surface area contributed by atoms with Crippen molar-refractivity contribution >= 4 is 51.9 Å². The zero-order valence-electron chi connectivity index (χ0n) is 17.3. The van der Waals surface area contributed by atoms with Crippen LogP contribution in [-0.2, 0) is 0 Å². The Hall–Kier alpha value is -2.23. The first-order valence-corrected chi connectivity index (χ1v) is 11.4. The first-order chi connectivity index (χ1) is 14.9. The molecular weight excluding hydrogens is 525 g/mol. The lowest BCUT2D eigenvalue weighted by atomic mass is 10.1. The van der Waals surface area contributed by atoms with Gasteiger partial charge >= 0.3 is 0 Å². The second kappa shape index (κ2) is 9.50. The number of halogens is 2. The summed E-state index contributed by atoms with van der Waals surface area (Å²) in [5.41, 5.74) is 2.68. The van der Waals surface area contributed by atoms with Gasteiger partial charge in [-0.2, -0.15) is 0 Å². The highest BCUT2D eigenvalue weighted by molar-refractivity contribution is 14.1. The predicted octanol–water partition coefficient (Wildman–Crippen LogP) is 5.30. The van der Waals surface area contributed by atoms with Crippen molar-refractivity contribution in [3.05, 3.63) is 71.5 Å². The van der Waals surface area contributed by atoms with E-state index < -0.39 is 0 Å². The quantitative estimate of drug-likeness (QED) is 0.355. The molecule has 8 heteroatoms. The fourth-order valence-corrected chi connectivity index (χ4v) is 4.29. The van der Waals surface area contributed by atoms with Gasteiger partial charge in [-0.15, -0.1) is 0 Å². The van der Waals surface area contributed by atoms with E-state index in [1.165, 1.54) is 0 Å². The fraction of sp³-hybridized carbons (Fsp3) is 0.261. The van der Waals surface area contributed by atoms with Gasteiger partial charge in [0, 0.05) is 71.7 Å². The van der Waals surface area contributed by atoms with Crippen LogP contribution in [0.5, 0.6) is 0 Å². The number of nitrogens with one attached hydrogen (secondary N) is 1. The minimum Gasteiger partial charge on any atom is -0.353 e. The molecular formula is C23H23ClIN5O. The normalized spacial score (nSPS) is 19.3. The molecule has 1 aromatic carbocycles. The van der Waals surface area contributed by atoms with Crippen molar-refractivity contribution in [3.63, 3.8) is 0 Å². The van der Waals surface area contributed by atoms with Gasteiger partial charge in [0.2, 0.25) is 0 Å². The number of pyridine rings is 2. The monoisotopic (exact) mass is 547 g/mol. The van der Waals surface area contributed by atoms with E-state index in [0.717, 1.165) is 30.2 Å². The zero-order chi connectivity index (χ0) is 22.0. The number of aromatic nitrogens is 2. The Kier molecular flexibility index (Phi) is 6.74. The highest BCUT2D eigenvalue weighted by Gasteiger charge is 2.28. The summed E-state index contributed by atoms with van der Waals surface area (Å²) in [5.74, 6) is 0.677. The van der Waals surface area contributed by atoms with Gasteiger partial charge in [-0.05, 0) is 56.3 Å². The molecule has 0 bridgehead atoms. The summed E-state index contributed by atoms with van der Waals surface area (Å²) in [6, 6.07) is 15.6. The largest absolute Gasteiger partial charge is 0.353 e. The predicted molar refractivity (Wildman–Crippen MR) is 134 cm³/mol. The van der Waals surface area contributed by atoms with Gasteiger partial charge in [0.15, 0.2) is 0 Å². The maximum Gasteiger partial charge on any atom is 0.257 e. The molecule has 0 spiro atoms. The van der Waals surface area contributed by atoms with Gasteiger partial charge in [0.1, 0.15) is 5.82 Å². The van der Waals surface area contributed by atoms with Crippen LogP contribution in [0, 0.1) is 0 Å². The standard InChI is InChI=1S/C23H23ClIN5O/c1-15-13-29(14-16(2)30(15)25)22-9-6-17(12-27-22)23(31)28-18-7-8-20(24)19(11-18)21-5-3-4-10-26-21/h3-12,15-16H,13-14H2,1-2H3,(H,28,31)/t15-,16+. The van der Waals surface area contributed by atoms with Gasteiger partial charge < -0.3 is 10.2 Å². The van der Waals surface area contributed by atoms with E-state index in [1.807, 2.05) is 36.4 Å². The van der Waals surface area contributed by atoms with Crippen LogP contribution < -0.4 is 10.2 Å². The number of carbonyl (C=O) groups excluding carboxylic acids is 1. The van der Waals surface area contributed by atoms with Crippen LogP contribution in [0.1, 0.15) is 24.2 Å². The first kappa shape index (κ1) is 22.0. The highest BCUT2D eigenvalue weighted by atomic mass is 127. The van der Waals surface area contributed by atoms with Crippen LogP contribution in [0.25, 0.3) is 11.3 Å². The molecule has 0 radical (unpaired) electrons. The van der Waals surface area contributed by atoms with E-state index in [0.29, 0.717) is 28.4 Å². The lowest BCUT2D eigenvalue weighted by Crippen LogP contribution is -2.52. The molecule has 31 heavy (non-hydrogen) atoms. The molecule has 1 saturated heterocycles. The van der Waals surface area contributed by atoms with Crippen molar-refractivity contribution < 1.29 is 4.79 Å². The smallest absolute Gasteiger partial charge is 0.257 e. The van der Waals surface area contributed by atoms with Gasteiger partial charge in [-0.25, -0.2) is 8.10 Å². The Morgan fingerprint density at radius 3 is 2.52 bits per heavy atom. The summed E-state index contributed by atoms with van der Waals surface area (Å²) < 4.78 is 2.35. The molecule has 1 N–H and O–H groups in total. The van der Waals surface area contributed by atoms with E-state index >= 15 is 0 Å². The van der Waals surface area contributed by atoms with Crippen LogP contribution in [0.3, 0.4) is 0 Å². The van der Waals surface area contributed by atoms with E-state index in [4.69, 9.17) is 11.6 Å². The number of hydrogen-bond donors (Lipinski definition) is 1. The molecule has 1 aliphatic rings. The van der Waals surface area contributed by atoms with E-state index in [2.05, 4.69) is 60.0 Å². The molecule has 0 saturated carbocycles. The second-order valence-corrected chi connectivity index (χ2v) is 9.24. The number of rotatable bonds is 4. The van der Waals surface area contributed by atoms with E-state index in [9.17, 15) is 4.79 Å². The highest BCUT2D eigenvalue weighted by Crippen LogP contribution is 2.29. The Labute approximate surface area is 201 Å². The Morgan fingerprint density at radius 2 is 1.87 bits per heavy atom. The fourth-order valence-electron chi connectivity index (χ4n) is 3.72. The van der Waals surface area contributed by atoms with Crippen molar-refractivity contribution in [3.8, 4) is 11.3 Å². The molecule has 1 fully saturated rings. The summed E-state index contributed by atoms with van der Waals surface area (Å²) in [6.07, 6.45) is 3.34. The number of piperazine rings is 1. The third-order valence-electron chi connectivity index (χ3n) is 5.31. The Balaban J connectivity index is 1.47. The van der Waals surface area contributed by atoms with Gasteiger partial charge in [-0.3, -0.25) is 9.78 Å². The third-order valence-corrected chi connectivity index (χ3v) is 7.54. The maximum atomic E-state index is 12.8. The third kappa shape index (κ3) is 4.99. The molecule has 1 amide bonds. The molecule has 6 nitrogen and oxygen atoms in total. The minimum atomic E-state index is -0.216. The lowest BCUT2D eigenvalue weighted by Gasteiger charge is -2.41. The molecule has 3 aromatic rings. The summed E-state index contributed by atoms with van der Waals surface area (Å²) in [4.78, 5) is 23.9. The maximum absolute atomic E-state index is 12.8. The number of benzene rings is 1. The first-order valence-electron chi connectivity index (χ1n) is 10.1. The van der Waals surface area contributed by atoms with Crippen molar-refractivity contribution in [2.75, 3.05) is 23.3 Å². The van der Waals surface area contributed by atoms with Crippen LogP contribution in [0.15, 0.2) is 60.9 Å².